The highest BCUT2D eigenvalue weighted by Crippen LogP contribution is 2.44. The van der Waals surface area contributed by atoms with Crippen LogP contribution >= 0.6 is 0 Å². The number of carbonyl (C=O) groups is 2. The minimum absolute atomic E-state index is 0.0871. The van der Waals surface area contributed by atoms with Crippen LogP contribution < -0.4 is 0 Å². The molecule has 1 heterocycles. The van der Waals surface area contributed by atoms with Gasteiger partial charge in [0.1, 0.15) is 0 Å². The first-order valence-corrected chi connectivity index (χ1v) is 9.36. The van der Waals surface area contributed by atoms with Crippen molar-refractivity contribution in [3.63, 3.8) is 0 Å². The number of carbonyl (C=O) groups excluding carboxylic acids is 2. The Morgan fingerprint density at radius 3 is 2.21 bits per heavy atom. The Kier molecular flexibility index (Phi) is 5.83. The monoisotopic (exact) mass is 378 g/mol. The largest absolute Gasteiger partial charge is 0.469 e. The molecule has 1 aliphatic rings. The molecule has 5 nitrogen and oxygen atoms in total. The third-order valence-electron chi connectivity index (χ3n) is 5.19. The molecule has 1 aliphatic heterocycles. The summed E-state index contributed by atoms with van der Waals surface area (Å²) in [5, 5.41) is 0. The first kappa shape index (κ1) is 19.7. The smallest absolute Gasteiger partial charge is 0.320 e. The molecule has 1 atom stereocenters. The van der Waals surface area contributed by atoms with Crippen LogP contribution in [0.1, 0.15) is 24.0 Å². The second-order valence-electron chi connectivity index (χ2n) is 7.17. The summed E-state index contributed by atoms with van der Waals surface area (Å²) in [5.41, 5.74) is 2.43. The van der Waals surface area contributed by atoms with Gasteiger partial charge in [0.15, 0.2) is 0 Å². The minimum Gasteiger partial charge on any atom is -0.469 e. The van der Waals surface area contributed by atoms with E-state index in [9.17, 15) is 9.59 Å². The maximum absolute atomic E-state index is 13.1. The van der Waals surface area contributed by atoms with E-state index in [1.807, 2.05) is 65.6 Å². The van der Waals surface area contributed by atoms with Gasteiger partial charge in [0, 0.05) is 27.1 Å². The molecule has 0 aliphatic carbocycles. The summed E-state index contributed by atoms with van der Waals surface area (Å²) < 4.78 is 4.87. The van der Waals surface area contributed by atoms with Gasteiger partial charge in [-0.15, -0.1) is 0 Å². The van der Waals surface area contributed by atoms with Crippen molar-refractivity contribution in [3.05, 3.63) is 77.9 Å². The number of benzene rings is 2. The molecule has 0 saturated carbocycles. The average molecular weight is 378 g/mol. The SMILES string of the molecule is COC(=O)CCC1(c2ccccc2)C=C(c2ccccc2)CN1C(=O)N(C)C. The van der Waals surface area contributed by atoms with Gasteiger partial charge in [0.05, 0.1) is 12.6 Å². The lowest BCUT2D eigenvalue weighted by atomic mass is 9.84. The van der Waals surface area contributed by atoms with Crippen LogP contribution in [0.2, 0.25) is 0 Å². The zero-order valence-electron chi connectivity index (χ0n) is 16.6. The van der Waals surface area contributed by atoms with E-state index in [1.165, 1.54) is 7.11 Å². The van der Waals surface area contributed by atoms with Crippen LogP contribution in [0.15, 0.2) is 66.7 Å². The highest BCUT2D eigenvalue weighted by molar-refractivity contribution is 5.83. The molecular weight excluding hydrogens is 352 g/mol. The number of methoxy groups -OCH3 is 1. The van der Waals surface area contributed by atoms with Crippen molar-refractivity contribution in [2.24, 2.45) is 0 Å². The normalized spacial score (nSPS) is 18.5. The highest BCUT2D eigenvalue weighted by atomic mass is 16.5. The lowest BCUT2D eigenvalue weighted by Crippen LogP contribution is -2.49. The van der Waals surface area contributed by atoms with Crippen molar-refractivity contribution in [1.82, 2.24) is 9.80 Å². The fourth-order valence-electron chi connectivity index (χ4n) is 3.74. The van der Waals surface area contributed by atoms with Gasteiger partial charge in [-0.25, -0.2) is 4.79 Å². The molecule has 2 aromatic rings. The second-order valence-corrected chi connectivity index (χ2v) is 7.17. The summed E-state index contributed by atoms with van der Waals surface area (Å²) in [6.45, 7) is 0.483. The molecule has 2 amide bonds. The van der Waals surface area contributed by atoms with E-state index in [-0.39, 0.29) is 18.4 Å². The number of amides is 2. The first-order chi connectivity index (χ1) is 13.5. The van der Waals surface area contributed by atoms with Gasteiger partial charge in [-0.3, -0.25) is 4.79 Å². The molecule has 0 spiro atoms. The molecular formula is C23H26N2O3. The quantitative estimate of drug-likeness (QED) is 0.741. The van der Waals surface area contributed by atoms with Crippen molar-refractivity contribution in [3.8, 4) is 0 Å². The molecule has 0 N–H and O–H groups in total. The second kappa shape index (κ2) is 8.30. The Labute approximate surface area is 166 Å². The Balaban J connectivity index is 2.13. The van der Waals surface area contributed by atoms with E-state index in [0.29, 0.717) is 13.0 Å². The molecule has 0 saturated heterocycles. The van der Waals surface area contributed by atoms with Crippen molar-refractivity contribution in [1.29, 1.82) is 0 Å². The van der Waals surface area contributed by atoms with Gasteiger partial charge < -0.3 is 14.5 Å². The predicted octanol–water partition coefficient (Wildman–Crippen LogP) is 3.92. The minimum atomic E-state index is -0.706. The zero-order valence-corrected chi connectivity index (χ0v) is 16.6. The Morgan fingerprint density at radius 1 is 1.04 bits per heavy atom. The van der Waals surface area contributed by atoms with E-state index in [2.05, 4.69) is 6.08 Å². The summed E-state index contributed by atoms with van der Waals surface area (Å²) in [6.07, 6.45) is 2.82. The molecule has 0 fully saturated rings. The van der Waals surface area contributed by atoms with Gasteiger partial charge in [-0.2, -0.15) is 0 Å². The van der Waals surface area contributed by atoms with E-state index < -0.39 is 5.54 Å². The topological polar surface area (TPSA) is 49.9 Å². The summed E-state index contributed by atoms with van der Waals surface area (Å²) in [7, 11) is 4.89. The van der Waals surface area contributed by atoms with Crippen LogP contribution in [0.5, 0.6) is 0 Å². The highest BCUT2D eigenvalue weighted by Gasteiger charge is 2.45. The summed E-state index contributed by atoms with van der Waals surface area (Å²) in [4.78, 5) is 28.5. The lowest BCUT2D eigenvalue weighted by molar-refractivity contribution is -0.141. The number of nitrogens with zero attached hydrogens (tertiary/aromatic N) is 2. The van der Waals surface area contributed by atoms with Gasteiger partial charge in [-0.05, 0) is 29.2 Å². The maximum Gasteiger partial charge on any atom is 0.320 e. The van der Waals surface area contributed by atoms with Gasteiger partial charge in [0.25, 0.3) is 0 Å². The maximum atomic E-state index is 13.1. The molecule has 28 heavy (non-hydrogen) atoms. The van der Waals surface area contributed by atoms with Crippen molar-refractivity contribution in [2.45, 2.75) is 18.4 Å². The first-order valence-electron chi connectivity index (χ1n) is 9.36. The fraction of sp³-hybridized carbons (Fsp3) is 0.304. The molecule has 1 unspecified atom stereocenters. The molecule has 5 heteroatoms. The van der Waals surface area contributed by atoms with E-state index in [4.69, 9.17) is 4.74 Å². The molecule has 146 valence electrons. The summed E-state index contributed by atoms with van der Waals surface area (Å²) in [6, 6.07) is 19.9. The van der Waals surface area contributed by atoms with Crippen LogP contribution in [0.25, 0.3) is 5.57 Å². The van der Waals surface area contributed by atoms with Crippen LogP contribution in [0.4, 0.5) is 4.79 Å². The van der Waals surface area contributed by atoms with Gasteiger partial charge in [-0.1, -0.05) is 60.7 Å². The fourth-order valence-corrected chi connectivity index (χ4v) is 3.74. The number of hydrogen-bond donors (Lipinski definition) is 0. The molecule has 2 aromatic carbocycles. The third-order valence-corrected chi connectivity index (χ3v) is 5.19. The number of hydrogen-bond acceptors (Lipinski definition) is 3. The lowest BCUT2D eigenvalue weighted by Gasteiger charge is -2.39. The number of ether oxygens (including phenoxy) is 1. The van der Waals surface area contributed by atoms with Crippen LogP contribution in [-0.4, -0.2) is 49.6 Å². The van der Waals surface area contributed by atoms with Crippen LogP contribution in [-0.2, 0) is 15.1 Å². The third kappa shape index (κ3) is 3.79. The van der Waals surface area contributed by atoms with E-state index in [0.717, 1.165) is 16.7 Å². The summed E-state index contributed by atoms with van der Waals surface area (Å²) >= 11 is 0. The van der Waals surface area contributed by atoms with Crippen molar-refractivity contribution < 1.29 is 14.3 Å². The van der Waals surface area contributed by atoms with E-state index in [1.54, 1.807) is 19.0 Å². The molecule has 0 aromatic heterocycles. The van der Waals surface area contributed by atoms with Crippen molar-refractivity contribution >= 4 is 17.6 Å². The van der Waals surface area contributed by atoms with Crippen molar-refractivity contribution in [2.75, 3.05) is 27.7 Å². The number of urea groups is 1. The van der Waals surface area contributed by atoms with E-state index >= 15 is 0 Å². The number of rotatable bonds is 5. The Hall–Kier alpha value is -3.08. The van der Waals surface area contributed by atoms with Crippen LogP contribution in [0, 0.1) is 0 Å². The zero-order chi connectivity index (χ0) is 20.1. The standard InChI is InChI=1S/C23H26N2O3/c1-24(2)22(27)25-17-19(18-10-6-4-7-11-18)16-23(25,15-14-21(26)28-3)20-12-8-5-9-13-20/h4-13,16H,14-15,17H2,1-3H3. The molecule has 0 bridgehead atoms. The van der Waals surface area contributed by atoms with Crippen LogP contribution in [0.3, 0.4) is 0 Å². The average Bonchev–Trinajstić information content (AvgIpc) is 3.13. The summed E-state index contributed by atoms with van der Waals surface area (Å²) in [5.74, 6) is -0.283. The predicted molar refractivity (Wildman–Crippen MR) is 110 cm³/mol. The molecule has 0 radical (unpaired) electrons. The Morgan fingerprint density at radius 2 is 1.64 bits per heavy atom. The number of esters is 1. The van der Waals surface area contributed by atoms with Gasteiger partial charge in [0.2, 0.25) is 0 Å². The molecule has 3 rings (SSSR count). The van der Waals surface area contributed by atoms with Gasteiger partial charge >= 0.3 is 12.0 Å². The Bertz CT molecular complexity index is 862.